The average molecular weight is 407 g/mol. The Bertz CT molecular complexity index is 761. The van der Waals surface area contributed by atoms with Gasteiger partial charge in [-0.15, -0.1) is 12.4 Å². The van der Waals surface area contributed by atoms with Crippen molar-refractivity contribution in [2.24, 2.45) is 11.5 Å². The molecule has 0 atom stereocenters. The van der Waals surface area contributed by atoms with E-state index in [2.05, 4.69) is 0 Å². The van der Waals surface area contributed by atoms with Crippen molar-refractivity contribution in [2.45, 2.75) is 19.3 Å². The van der Waals surface area contributed by atoms with Crippen molar-refractivity contribution < 1.29 is 9.47 Å². The Morgan fingerprint density at radius 3 is 1.43 bits per heavy atom. The smallest absolute Gasteiger partial charge is 0.142 e. The van der Waals surface area contributed by atoms with E-state index in [0.717, 1.165) is 19.3 Å². The molecule has 152 valence electrons. The van der Waals surface area contributed by atoms with Gasteiger partial charge >= 0.3 is 0 Å². The predicted octanol–water partition coefficient (Wildman–Crippen LogP) is 2.47. The number of halogens is 1. The molecule has 2 aromatic carbocycles. The highest BCUT2D eigenvalue weighted by molar-refractivity contribution is 5.96. The second-order valence-electron chi connectivity index (χ2n) is 6.09. The van der Waals surface area contributed by atoms with E-state index in [4.69, 9.17) is 43.2 Å². The minimum Gasteiger partial charge on any atom is -0.491 e. The van der Waals surface area contributed by atoms with Crippen LogP contribution in [0.4, 0.5) is 11.4 Å². The SMILES string of the molecule is Cl.N=C(N)c1ccc(OCCCCCOc2ccc(C(=N)N)cc2N)c(N)c1. The summed E-state index contributed by atoms with van der Waals surface area (Å²) < 4.78 is 11.3. The van der Waals surface area contributed by atoms with Crippen molar-refractivity contribution in [1.82, 2.24) is 0 Å². The highest BCUT2D eigenvalue weighted by atomic mass is 35.5. The first-order valence-electron chi connectivity index (χ1n) is 8.62. The standard InChI is InChI=1S/C19H26N6O2.ClH/c20-14-10-12(18(22)23)4-6-16(14)26-8-2-1-3-9-27-17-7-5-13(19(24)25)11-15(17)21;/h4-7,10-11H,1-3,8-9,20-21H2,(H3,22,23)(H3,24,25);1H. The van der Waals surface area contributed by atoms with Gasteiger partial charge in [0.25, 0.3) is 0 Å². The van der Waals surface area contributed by atoms with Crippen LogP contribution in [0.25, 0.3) is 0 Å². The summed E-state index contributed by atoms with van der Waals surface area (Å²) in [5, 5.41) is 14.8. The van der Waals surface area contributed by atoms with Gasteiger partial charge < -0.3 is 32.4 Å². The van der Waals surface area contributed by atoms with E-state index >= 15 is 0 Å². The number of benzene rings is 2. The zero-order valence-electron chi connectivity index (χ0n) is 15.5. The van der Waals surface area contributed by atoms with Gasteiger partial charge in [-0.25, -0.2) is 0 Å². The van der Waals surface area contributed by atoms with Crippen LogP contribution in [0.3, 0.4) is 0 Å². The topological polar surface area (TPSA) is 170 Å². The molecule has 0 unspecified atom stereocenters. The molecule has 0 spiro atoms. The molecule has 9 heteroatoms. The fraction of sp³-hybridized carbons (Fsp3) is 0.263. The van der Waals surface area contributed by atoms with Crippen LogP contribution in [-0.4, -0.2) is 24.9 Å². The molecular formula is C19H27ClN6O2. The number of hydrogen-bond acceptors (Lipinski definition) is 6. The normalized spacial score (nSPS) is 10.0. The van der Waals surface area contributed by atoms with Crippen molar-refractivity contribution in [2.75, 3.05) is 24.7 Å². The number of nitrogens with one attached hydrogen (secondary N) is 2. The summed E-state index contributed by atoms with van der Waals surface area (Å²) in [7, 11) is 0. The minimum atomic E-state index is -0.0233. The third kappa shape index (κ3) is 6.55. The molecule has 0 aromatic heterocycles. The zero-order chi connectivity index (χ0) is 19.8. The van der Waals surface area contributed by atoms with Crippen molar-refractivity contribution in [1.29, 1.82) is 10.8 Å². The summed E-state index contributed by atoms with van der Waals surface area (Å²) in [4.78, 5) is 0. The van der Waals surface area contributed by atoms with Gasteiger partial charge in [0.2, 0.25) is 0 Å². The lowest BCUT2D eigenvalue weighted by molar-refractivity contribution is 0.281. The van der Waals surface area contributed by atoms with Crippen molar-refractivity contribution in [3.05, 3.63) is 47.5 Å². The van der Waals surface area contributed by atoms with E-state index in [0.29, 0.717) is 47.2 Å². The number of nitrogen functional groups attached to an aromatic ring is 4. The number of unbranched alkanes of at least 4 members (excludes halogenated alkanes) is 2. The van der Waals surface area contributed by atoms with Crippen LogP contribution in [0, 0.1) is 10.8 Å². The molecule has 0 radical (unpaired) electrons. The highest BCUT2D eigenvalue weighted by Gasteiger charge is 2.05. The number of ether oxygens (including phenoxy) is 2. The maximum Gasteiger partial charge on any atom is 0.142 e. The second-order valence-corrected chi connectivity index (χ2v) is 6.09. The monoisotopic (exact) mass is 406 g/mol. The van der Waals surface area contributed by atoms with Crippen LogP contribution in [0.15, 0.2) is 36.4 Å². The lowest BCUT2D eigenvalue weighted by atomic mass is 10.1. The van der Waals surface area contributed by atoms with E-state index in [9.17, 15) is 0 Å². The first kappa shape index (κ1) is 22.9. The Morgan fingerprint density at radius 2 is 1.11 bits per heavy atom. The zero-order valence-corrected chi connectivity index (χ0v) is 16.4. The number of amidine groups is 2. The summed E-state index contributed by atoms with van der Waals surface area (Å²) in [6.45, 7) is 1.08. The Morgan fingerprint density at radius 1 is 0.714 bits per heavy atom. The first-order valence-corrected chi connectivity index (χ1v) is 8.62. The van der Waals surface area contributed by atoms with Gasteiger partial charge in [0, 0.05) is 11.1 Å². The van der Waals surface area contributed by atoms with Gasteiger partial charge in [-0.2, -0.15) is 0 Å². The second kappa shape index (κ2) is 10.9. The largest absolute Gasteiger partial charge is 0.491 e. The lowest BCUT2D eigenvalue weighted by Gasteiger charge is -2.11. The van der Waals surface area contributed by atoms with Crippen LogP contribution < -0.4 is 32.4 Å². The number of hydrogen-bond donors (Lipinski definition) is 6. The molecule has 2 rings (SSSR count). The van der Waals surface area contributed by atoms with Crippen LogP contribution >= 0.6 is 12.4 Å². The number of anilines is 2. The first-order chi connectivity index (χ1) is 12.9. The Kier molecular flexibility index (Phi) is 8.90. The van der Waals surface area contributed by atoms with Gasteiger partial charge in [0.15, 0.2) is 0 Å². The molecular weight excluding hydrogens is 380 g/mol. The molecule has 0 heterocycles. The summed E-state index contributed by atoms with van der Waals surface area (Å²) >= 11 is 0. The molecule has 0 amide bonds. The third-order valence-corrected chi connectivity index (χ3v) is 3.95. The Balaban J connectivity index is 0.00000392. The van der Waals surface area contributed by atoms with Gasteiger partial charge in [-0.05, 0) is 55.7 Å². The minimum absolute atomic E-state index is 0. The molecule has 0 aliphatic rings. The van der Waals surface area contributed by atoms with E-state index < -0.39 is 0 Å². The molecule has 10 N–H and O–H groups in total. The van der Waals surface area contributed by atoms with Crippen LogP contribution in [0.1, 0.15) is 30.4 Å². The molecule has 2 aromatic rings. The Labute approximate surface area is 170 Å². The molecule has 0 saturated heterocycles. The van der Waals surface area contributed by atoms with Crippen molar-refractivity contribution in [3.8, 4) is 11.5 Å². The third-order valence-electron chi connectivity index (χ3n) is 3.95. The van der Waals surface area contributed by atoms with E-state index in [-0.39, 0.29) is 24.1 Å². The van der Waals surface area contributed by atoms with Gasteiger partial charge in [0.05, 0.1) is 24.6 Å². The van der Waals surface area contributed by atoms with E-state index in [1.807, 2.05) is 0 Å². The summed E-state index contributed by atoms with van der Waals surface area (Å²) in [5.74, 6) is 1.14. The van der Waals surface area contributed by atoms with E-state index in [1.54, 1.807) is 36.4 Å². The van der Waals surface area contributed by atoms with Gasteiger partial charge in [0.1, 0.15) is 23.2 Å². The summed E-state index contributed by atoms with van der Waals surface area (Å²) in [6.07, 6.45) is 2.64. The molecule has 0 aliphatic heterocycles. The quantitative estimate of drug-likeness (QED) is 0.153. The van der Waals surface area contributed by atoms with Gasteiger partial charge in [-0.3, -0.25) is 10.8 Å². The van der Waals surface area contributed by atoms with Crippen molar-refractivity contribution in [3.63, 3.8) is 0 Å². The van der Waals surface area contributed by atoms with Crippen LogP contribution in [-0.2, 0) is 0 Å². The molecule has 0 aliphatic carbocycles. The molecule has 0 bridgehead atoms. The summed E-state index contributed by atoms with van der Waals surface area (Å²) in [6, 6.07) is 10.1. The van der Waals surface area contributed by atoms with Gasteiger partial charge in [-0.1, -0.05) is 0 Å². The predicted molar refractivity (Wildman–Crippen MR) is 116 cm³/mol. The average Bonchev–Trinajstić information content (AvgIpc) is 2.62. The number of nitrogens with two attached hydrogens (primary N) is 4. The van der Waals surface area contributed by atoms with E-state index in [1.165, 1.54) is 0 Å². The van der Waals surface area contributed by atoms with Crippen molar-refractivity contribution >= 4 is 35.5 Å². The number of rotatable bonds is 10. The van der Waals surface area contributed by atoms with Crippen LogP contribution in [0.5, 0.6) is 11.5 Å². The maximum absolute atomic E-state index is 7.39. The summed E-state index contributed by atoms with van der Waals surface area (Å²) in [5.41, 5.74) is 24.7. The molecule has 0 fully saturated rings. The Hall–Kier alpha value is -3.13. The highest BCUT2D eigenvalue weighted by Crippen LogP contribution is 2.24. The van der Waals surface area contributed by atoms with Crippen LogP contribution in [0.2, 0.25) is 0 Å². The molecule has 8 nitrogen and oxygen atoms in total. The maximum atomic E-state index is 7.39. The molecule has 28 heavy (non-hydrogen) atoms. The fourth-order valence-electron chi connectivity index (χ4n) is 2.44. The lowest BCUT2D eigenvalue weighted by Crippen LogP contribution is -2.12. The fourth-order valence-corrected chi connectivity index (χ4v) is 2.44. The molecule has 0 saturated carbocycles.